The summed E-state index contributed by atoms with van der Waals surface area (Å²) in [7, 11) is 1.49. The molecular formula is C25H28ClN3O4S. The summed E-state index contributed by atoms with van der Waals surface area (Å²) in [5.41, 5.74) is 1.35. The van der Waals surface area contributed by atoms with Gasteiger partial charge < -0.3 is 14.8 Å². The van der Waals surface area contributed by atoms with E-state index in [1.54, 1.807) is 35.2 Å². The molecule has 2 aromatic rings. The number of hydrogen-bond acceptors (Lipinski definition) is 6. The highest BCUT2D eigenvalue weighted by Crippen LogP contribution is 2.39. The van der Waals surface area contributed by atoms with Gasteiger partial charge in [0.25, 0.3) is 11.8 Å². The Hall–Kier alpha value is -2.97. The van der Waals surface area contributed by atoms with E-state index in [9.17, 15) is 9.59 Å². The lowest BCUT2D eigenvalue weighted by molar-refractivity contribution is -0.123. The smallest absolute Gasteiger partial charge is 0.266 e. The van der Waals surface area contributed by atoms with Gasteiger partial charge in [-0.3, -0.25) is 19.5 Å². The maximum absolute atomic E-state index is 13.0. The topological polar surface area (TPSA) is 80.2 Å². The molecule has 2 aromatic carbocycles. The summed E-state index contributed by atoms with van der Waals surface area (Å²) in [5, 5.41) is 3.70. The summed E-state index contributed by atoms with van der Waals surface area (Å²) in [6, 6.07) is 12.5. The van der Waals surface area contributed by atoms with Crippen molar-refractivity contribution in [1.29, 1.82) is 0 Å². The first-order chi connectivity index (χ1) is 16.2. The van der Waals surface area contributed by atoms with Crippen LogP contribution in [-0.4, -0.2) is 47.7 Å². The molecule has 0 radical (unpaired) electrons. The van der Waals surface area contributed by atoms with E-state index in [4.69, 9.17) is 21.1 Å². The fourth-order valence-corrected chi connectivity index (χ4v) is 4.73. The number of carbonyl (C=O) groups excluding carboxylic acids is 2. The third-order valence-electron chi connectivity index (χ3n) is 4.68. The Labute approximate surface area is 209 Å². The van der Waals surface area contributed by atoms with Crippen molar-refractivity contribution in [2.45, 2.75) is 39.8 Å². The molecule has 1 N–H and O–H groups in total. The SMILES string of the molecule is COc1cc(/C=C2/SC(=NC(C)C)N(C(C)C)C2=O)cc(Cl)c1OCC(=O)Nc1ccccc1. The van der Waals surface area contributed by atoms with E-state index in [0.717, 1.165) is 0 Å². The van der Waals surface area contributed by atoms with Gasteiger partial charge in [-0.05, 0) is 75.4 Å². The molecule has 9 heteroatoms. The molecule has 0 atom stereocenters. The number of nitrogens with one attached hydrogen (secondary N) is 1. The first-order valence-corrected chi connectivity index (χ1v) is 12.0. The lowest BCUT2D eigenvalue weighted by Crippen LogP contribution is -2.35. The van der Waals surface area contributed by atoms with Crippen molar-refractivity contribution in [3.63, 3.8) is 0 Å². The lowest BCUT2D eigenvalue weighted by Gasteiger charge is -2.20. The van der Waals surface area contributed by atoms with Gasteiger partial charge >= 0.3 is 0 Å². The Morgan fingerprint density at radius 1 is 1.21 bits per heavy atom. The summed E-state index contributed by atoms with van der Waals surface area (Å²) >= 11 is 7.80. The average Bonchev–Trinajstić information content (AvgIpc) is 3.07. The number of carbonyl (C=O) groups is 2. The fraction of sp³-hybridized carbons (Fsp3) is 0.320. The number of amidine groups is 1. The normalized spacial score (nSPS) is 16.1. The number of nitrogens with zero attached hydrogens (tertiary/aromatic N) is 2. The van der Waals surface area contributed by atoms with E-state index < -0.39 is 0 Å². The maximum atomic E-state index is 13.0. The molecule has 3 rings (SSSR count). The molecule has 0 spiro atoms. The second kappa shape index (κ2) is 11.4. The number of ether oxygens (including phenoxy) is 2. The van der Waals surface area contributed by atoms with Crippen LogP contribution in [0, 0.1) is 0 Å². The molecule has 180 valence electrons. The van der Waals surface area contributed by atoms with Crippen molar-refractivity contribution in [1.82, 2.24) is 4.90 Å². The number of para-hydroxylation sites is 1. The van der Waals surface area contributed by atoms with Crippen LogP contribution < -0.4 is 14.8 Å². The summed E-state index contributed by atoms with van der Waals surface area (Å²) in [6.45, 7) is 7.62. The molecule has 34 heavy (non-hydrogen) atoms. The Kier molecular flexibility index (Phi) is 8.63. The van der Waals surface area contributed by atoms with Crippen LogP contribution >= 0.6 is 23.4 Å². The number of benzene rings is 2. The van der Waals surface area contributed by atoms with Gasteiger partial charge in [-0.25, -0.2) is 0 Å². The molecule has 2 amide bonds. The zero-order valence-corrected chi connectivity index (χ0v) is 21.4. The van der Waals surface area contributed by atoms with Crippen LogP contribution in [0.1, 0.15) is 33.3 Å². The van der Waals surface area contributed by atoms with Crippen LogP contribution in [-0.2, 0) is 9.59 Å². The van der Waals surface area contributed by atoms with Gasteiger partial charge in [0.05, 0.1) is 17.0 Å². The molecule has 0 unspecified atom stereocenters. The monoisotopic (exact) mass is 501 g/mol. The van der Waals surface area contributed by atoms with E-state index in [2.05, 4.69) is 10.3 Å². The molecule has 0 aromatic heterocycles. The van der Waals surface area contributed by atoms with Crippen LogP contribution in [0.15, 0.2) is 52.4 Å². The molecule has 1 fully saturated rings. The number of aliphatic imine (C=N–C) groups is 1. The molecule has 1 aliphatic heterocycles. The third-order valence-corrected chi connectivity index (χ3v) is 5.95. The first kappa shape index (κ1) is 25.6. The zero-order chi connectivity index (χ0) is 24.8. The summed E-state index contributed by atoms with van der Waals surface area (Å²) < 4.78 is 11.1. The molecule has 0 aliphatic carbocycles. The van der Waals surface area contributed by atoms with Crippen molar-refractivity contribution in [3.05, 3.63) is 58.0 Å². The van der Waals surface area contributed by atoms with Gasteiger partial charge in [0.15, 0.2) is 23.3 Å². The number of thioether (sulfide) groups is 1. The van der Waals surface area contributed by atoms with Crippen LogP contribution in [0.2, 0.25) is 5.02 Å². The quantitative estimate of drug-likeness (QED) is 0.486. The fourth-order valence-electron chi connectivity index (χ4n) is 3.22. The highest BCUT2D eigenvalue weighted by molar-refractivity contribution is 8.18. The number of methoxy groups -OCH3 is 1. The Morgan fingerprint density at radius 3 is 2.53 bits per heavy atom. The second-order valence-electron chi connectivity index (χ2n) is 8.12. The minimum Gasteiger partial charge on any atom is -0.493 e. The van der Waals surface area contributed by atoms with Crippen molar-refractivity contribution in [2.24, 2.45) is 4.99 Å². The minimum atomic E-state index is -0.325. The number of rotatable bonds is 8. The van der Waals surface area contributed by atoms with E-state index in [0.29, 0.717) is 27.1 Å². The largest absolute Gasteiger partial charge is 0.493 e. The number of halogens is 1. The van der Waals surface area contributed by atoms with Gasteiger partial charge in [-0.2, -0.15) is 0 Å². The predicted octanol–water partition coefficient (Wildman–Crippen LogP) is 5.46. The van der Waals surface area contributed by atoms with Gasteiger partial charge in [-0.1, -0.05) is 29.8 Å². The van der Waals surface area contributed by atoms with Crippen molar-refractivity contribution in [3.8, 4) is 11.5 Å². The van der Waals surface area contributed by atoms with E-state index in [1.807, 2.05) is 45.9 Å². The number of anilines is 1. The zero-order valence-electron chi connectivity index (χ0n) is 19.8. The van der Waals surface area contributed by atoms with Crippen molar-refractivity contribution < 1.29 is 19.1 Å². The molecule has 1 aliphatic rings. The molecule has 1 heterocycles. The first-order valence-electron chi connectivity index (χ1n) is 10.9. The van der Waals surface area contributed by atoms with E-state index >= 15 is 0 Å². The van der Waals surface area contributed by atoms with Crippen LogP contribution in [0.25, 0.3) is 6.08 Å². The van der Waals surface area contributed by atoms with Gasteiger partial charge in [0.1, 0.15) is 0 Å². The van der Waals surface area contributed by atoms with Crippen molar-refractivity contribution >= 4 is 52.1 Å². The molecular weight excluding hydrogens is 474 g/mol. The second-order valence-corrected chi connectivity index (χ2v) is 9.54. The third kappa shape index (κ3) is 6.33. The summed E-state index contributed by atoms with van der Waals surface area (Å²) in [5.74, 6) is 0.187. The molecule has 7 nitrogen and oxygen atoms in total. The highest BCUT2D eigenvalue weighted by atomic mass is 35.5. The van der Waals surface area contributed by atoms with Crippen LogP contribution in [0.5, 0.6) is 11.5 Å². The Bertz CT molecular complexity index is 1120. The average molecular weight is 502 g/mol. The van der Waals surface area contributed by atoms with Gasteiger partial charge in [-0.15, -0.1) is 0 Å². The summed E-state index contributed by atoms with van der Waals surface area (Å²) in [6.07, 6.45) is 1.76. The van der Waals surface area contributed by atoms with Crippen molar-refractivity contribution in [2.75, 3.05) is 19.0 Å². The lowest BCUT2D eigenvalue weighted by atomic mass is 10.1. The molecule has 1 saturated heterocycles. The predicted molar refractivity (Wildman–Crippen MR) is 139 cm³/mol. The molecule has 0 bridgehead atoms. The van der Waals surface area contributed by atoms with E-state index in [-0.39, 0.29) is 41.3 Å². The van der Waals surface area contributed by atoms with E-state index in [1.165, 1.54) is 18.9 Å². The summed E-state index contributed by atoms with van der Waals surface area (Å²) in [4.78, 5) is 32.1. The molecule has 0 saturated carbocycles. The standard InChI is InChI=1S/C25H28ClN3O4S/c1-15(2)27-25-29(16(3)4)24(31)21(34-25)13-17-11-19(26)23(20(12-17)32-5)33-14-22(30)28-18-9-7-6-8-10-18/h6-13,15-16H,14H2,1-5H3,(H,28,30)/b21-13+,27-25?. The number of hydrogen-bond donors (Lipinski definition) is 1. The van der Waals surface area contributed by atoms with Crippen LogP contribution in [0.4, 0.5) is 5.69 Å². The maximum Gasteiger partial charge on any atom is 0.266 e. The van der Waals surface area contributed by atoms with Gasteiger partial charge in [0, 0.05) is 17.8 Å². The van der Waals surface area contributed by atoms with Crippen LogP contribution in [0.3, 0.4) is 0 Å². The minimum absolute atomic E-state index is 0.0145. The van der Waals surface area contributed by atoms with Gasteiger partial charge in [0.2, 0.25) is 0 Å². The Balaban J connectivity index is 1.79. The Morgan fingerprint density at radius 2 is 1.91 bits per heavy atom. The highest BCUT2D eigenvalue weighted by Gasteiger charge is 2.35. The number of amides is 2.